The van der Waals surface area contributed by atoms with E-state index in [9.17, 15) is 0 Å². The molecule has 0 bridgehead atoms. The van der Waals surface area contributed by atoms with Gasteiger partial charge in [-0.1, -0.05) is 42.5 Å². The zero-order chi connectivity index (χ0) is 13.7. The van der Waals surface area contributed by atoms with E-state index in [1.807, 2.05) is 18.2 Å². The molecule has 0 spiro atoms. The van der Waals surface area contributed by atoms with E-state index in [4.69, 9.17) is 18.0 Å². The van der Waals surface area contributed by atoms with E-state index < -0.39 is 0 Å². The van der Waals surface area contributed by atoms with Gasteiger partial charge >= 0.3 is 0 Å². The SMILES string of the molecule is CCN(Cc1ccccc1)c1nnccc1C(N)=S. The molecule has 4 nitrogen and oxygen atoms in total. The second-order valence-electron chi connectivity index (χ2n) is 4.13. The third kappa shape index (κ3) is 3.26. The molecule has 1 heterocycles. The fourth-order valence-corrected chi connectivity index (χ4v) is 2.05. The van der Waals surface area contributed by atoms with Crippen molar-refractivity contribution in [2.24, 2.45) is 5.73 Å². The number of nitrogens with zero attached hydrogens (tertiary/aromatic N) is 3. The Hall–Kier alpha value is -2.01. The van der Waals surface area contributed by atoms with Gasteiger partial charge in [0.25, 0.3) is 0 Å². The molecule has 0 saturated carbocycles. The molecule has 19 heavy (non-hydrogen) atoms. The van der Waals surface area contributed by atoms with Gasteiger partial charge in [-0.3, -0.25) is 0 Å². The van der Waals surface area contributed by atoms with Crippen molar-refractivity contribution in [3.8, 4) is 0 Å². The predicted octanol–water partition coefficient (Wildman–Crippen LogP) is 2.14. The summed E-state index contributed by atoms with van der Waals surface area (Å²) in [4.78, 5) is 2.45. The number of hydrogen-bond donors (Lipinski definition) is 1. The maximum Gasteiger partial charge on any atom is 0.161 e. The lowest BCUT2D eigenvalue weighted by Gasteiger charge is -2.23. The largest absolute Gasteiger partial charge is 0.389 e. The molecular formula is C14H16N4S. The van der Waals surface area contributed by atoms with E-state index in [1.165, 1.54) is 5.56 Å². The fourth-order valence-electron chi connectivity index (χ4n) is 1.89. The van der Waals surface area contributed by atoms with Crippen LogP contribution < -0.4 is 10.6 Å². The average Bonchev–Trinajstić information content (AvgIpc) is 2.46. The predicted molar refractivity (Wildman–Crippen MR) is 81.1 cm³/mol. The normalized spacial score (nSPS) is 10.2. The summed E-state index contributed by atoms with van der Waals surface area (Å²) < 4.78 is 0. The quantitative estimate of drug-likeness (QED) is 0.845. The molecule has 98 valence electrons. The number of anilines is 1. The monoisotopic (exact) mass is 272 g/mol. The minimum atomic E-state index is 0.344. The van der Waals surface area contributed by atoms with Crippen molar-refractivity contribution in [2.45, 2.75) is 13.5 Å². The van der Waals surface area contributed by atoms with Crippen LogP contribution in [0.1, 0.15) is 18.1 Å². The van der Waals surface area contributed by atoms with Gasteiger partial charge in [-0.15, -0.1) is 5.10 Å². The molecule has 0 aliphatic carbocycles. The highest BCUT2D eigenvalue weighted by atomic mass is 32.1. The van der Waals surface area contributed by atoms with Gasteiger partial charge in [-0.05, 0) is 18.6 Å². The molecule has 1 aromatic carbocycles. The summed E-state index contributed by atoms with van der Waals surface area (Å²) in [6, 6.07) is 12.0. The van der Waals surface area contributed by atoms with Gasteiger partial charge in [0, 0.05) is 13.1 Å². The molecule has 0 saturated heterocycles. The molecule has 2 rings (SSSR count). The summed E-state index contributed by atoms with van der Waals surface area (Å²) >= 11 is 5.06. The highest BCUT2D eigenvalue weighted by Crippen LogP contribution is 2.18. The first-order valence-corrected chi connectivity index (χ1v) is 6.53. The van der Waals surface area contributed by atoms with E-state index in [1.54, 1.807) is 12.3 Å². The average molecular weight is 272 g/mol. The van der Waals surface area contributed by atoms with Gasteiger partial charge in [-0.2, -0.15) is 5.10 Å². The first-order valence-electron chi connectivity index (χ1n) is 6.12. The van der Waals surface area contributed by atoms with Crippen molar-refractivity contribution >= 4 is 23.0 Å². The molecular weight excluding hydrogens is 256 g/mol. The molecule has 0 radical (unpaired) electrons. The Labute approximate surface area is 118 Å². The summed E-state index contributed by atoms with van der Waals surface area (Å²) in [7, 11) is 0. The third-order valence-electron chi connectivity index (χ3n) is 2.86. The number of benzene rings is 1. The number of aromatic nitrogens is 2. The summed E-state index contributed by atoms with van der Waals surface area (Å²) in [6.07, 6.45) is 1.61. The number of rotatable bonds is 5. The zero-order valence-corrected chi connectivity index (χ0v) is 11.6. The Morgan fingerprint density at radius 3 is 2.63 bits per heavy atom. The van der Waals surface area contributed by atoms with Crippen LogP contribution >= 0.6 is 12.2 Å². The van der Waals surface area contributed by atoms with E-state index >= 15 is 0 Å². The molecule has 0 aliphatic heterocycles. The third-order valence-corrected chi connectivity index (χ3v) is 3.08. The molecule has 0 unspecified atom stereocenters. The molecule has 1 aromatic heterocycles. The van der Waals surface area contributed by atoms with Gasteiger partial charge in [0.15, 0.2) is 5.82 Å². The minimum Gasteiger partial charge on any atom is -0.389 e. The minimum absolute atomic E-state index is 0.344. The number of thiocarbonyl (C=S) groups is 1. The highest BCUT2D eigenvalue weighted by molar-refractivity contribution is 7.80. The Morgan fingerprint density at radius 2 is 2.00 bits per heavy atom. The zero-order valence-electron chi connectivity index (χ0n) is 10.8. The molecule has 2 N–H and O–H groups in total. The highest BCUT2D eigenvalue weighted by Gasteiger charge is 2.13. The van der Waals surface area contributed by atoms with Gasteiger partial charge in [0.1, 0.15) is 4.99 Å². The van der Waals surface area contributed by atoms with Crippen LogP contribution in [-0.4, -0.2) is 21.7 Å². The van der Waals surface area contributed by atoms with Crippen LogP contribution in [0.25, 0.3) is 0 Å². The van der Waals surface area contributed by atoms with Crippen LogP contribution in [0.15, 0.2) is 42.6 Å². The second-order valence-corrected chi connectivity index (χ2v) is 4.57. The molecule has 0 atom stereocenters. The summed E-state index contributed by atoms with van der Waals surface area (Å²) in [5.74, 6) is 0.737. The van der Waals surface area contributed by atoms with Gasteiger partial charge in [0.05, 0.1) is 11.8 Å². The Kier molecular flexibility index (Phi) is 4.41. The van der Waals surface area contributed by atoms with E-state index in [2.05, 4.69) is 34.2 Å². The van der Waals surface area contributed by atoms with Gasteiger partial charge in [-0.25, -0.2) is 0 Å². The molecule has 0 aliphatic rings. The number of hydrogen-bond acceptors (Lipinski definition) is 4. The van der Waals surface area contributed by atoms with Crippen LogP contribution in [0.3, 0.4) is 0 Å². The fraction of sp³-hybridized carbons (Fsp3) is 0.214. The van der Waals surface area contributed by atoms with Gasteiger partial charge in [0.2, 0.25) is 0 Å². The van der Waals surface area contributed by atoms with E-state index in [0.717, 1.165) is 24.5 Å². The lowest BCUT2D eigenvalue weighted by atomic mass is 10.2. The van der Waals surface area contributed by atoms with Crippen molar-refractivity contribution < 1.29 is 0 Å². The smallest absolute Gasteiger partial charge is 0.161 e. The summed E-state index contributed by atoms with van der Waals surface area (Å²) in [6.45, 7) is 3.63. The lowest BCUT2D eigenvalue weighted by molar-refractivity contribution is 0.795. The topological polar surface area (TPSA) is 55.0 Å². The van der Waals surface area contributed by atoms with Crippen molar-refractivity contribution in [3.05, 3.63) is 53.7 Å². The van der Waals surface area contributed by atoms with Crippen molar-refractivity contribution in [1.82, 2.24) is 10.2 Å². The Morgan fingerprint density at radius 1 is 1.26 bits per heavy atom. The Bertz CT molecular complexity index is 556. The summed E-state index contributed by atoms with van der Waals surface area (Å²) in [5, 5.41) is 8.11. The van der Waals surface area contributed by atoms with E-state index in [-0.39, 0.29) is 0 Å². The van der Waals surface area contributed by atoms with Crippen LogP contribution in [0.2, 0.25) is 0 Å². The van der Waals surface area contributed by atoms with Crippen LogP contribution in [0, 0.1) is 0 Å². The maximum atomic E-state index is 5.74. The Balaban J connectivity index is 2.30. The molecule has 2 aromatic rings. The molecule has 0 amide bonds. The van der Waals surface area contributed by atoms with E-state index in [0.29, 0.717) is 4.99 Å². The molecule has 5 heteroatoms. The molecule has 0 fully saturated rings. The summed E-state index contributed by atoms with van der Waals surface area (Å²) in [5.41, 5.74) is 7.72. The lowest BCUT2D eigenvalue weighted by Crippen LogP contribution is -2.27. The van der Waals surface area contributed by atoms with Crippen LogP contribution in [-0.2, 0) is 6.54 Å². The first kappa shape index (κ1) is 13.4. The van der Waals surface area contributed by atoms with Crippen molar-refractivity contribution in [3.63, 3.8) is 0 Å². The van der Waals surface area contributed by atoms with Crippen LogP contribution in [0.4, 0.5) is 5.82 Å². The maximum absolute atomic E-state index is 5.74. The number of nitrogens with two attached hydrogens (primary N) is 1. The second kappa shape index (κ2) is 6.24. The van der Waals surface area contributed by atoms with Gasteiger partial charge < -0.3 is 10.6 Å². The van der Waals surface area contributed by atoms with Crippen molar-refractivity contribution in [2.75, 3.05) is 11.4 Å². The first-order chi connectivity index (χ1) is 9.22. The standard InChI is InChI=1S/C14H16N4S/c1-2-18(10-11-6-4-3-5-7-11)14-12(13(15)19)8-9-16-17-14/h3-9H,2,10H2,1H3,(H2,15,19). The van der Waals surface area contributed by atoms with Crippen molar-refractivity contribution in [1.29, 1.82) is 0 Å². The van der Waals surface area contributed by atoms with Crippen LogP contribution in [0.5, 0.6) is 0 Å².